The minimum absolute atomic E-state index is 0.611. The summed E-state index contributed by atoms with van der Waals surface area (Å²) in [5.41, 5.74) is 1.09. The van der Waals surface area contributed by atoms with Gasteiger partial charge in [-0.25, -0.2) is 9.98 Å². The Morgan fingerprint density at radius 2 is 2.14 bits per heavy atom. The van der Waals surface area contributed by atoms with Crippen molar-refractivity contribution in [1.82, 2.24) is 15.6 Å². The van der Waals surface area contributed by atoms with Crippen molar-refractivity contribution in [3.8, 4) is 5.88 Å². The molecule has 1 aromatic heterocycles. The van der Waals surface area contributed by atoms with Crippen molar-refractivity contribution in [2.24, 2.45) is 10.9 Å². The fraction of sp³-hybridized carbons (Fsp3) is 0.625. The second kappa shape index (κ2) is 10.0. The Bertz CT molecular complexity index is 432. The molecule has 0 atom stereocenters. The van der Waals surface area contributed by atoms with Crippen molar-refractivity contribution in [2.45, 2.75) is 40.7 Å². The molecule has 0 unspecified atom stereocenters. The first-order valence-corrected chi connectivity index (χ1v) is 7.75. The molecule has 0 amide bonds. The van der Waals surface area contributed by atoms with Gasteiger partial charge in [0.25, 0.3) is 0 Å². The Labute approximate surface area is 128 Å². The highest BCUT2D eigenvalue weighted by Gasteiger charge is 2.00. The number of aliphatic imine (C=N–C) groups is 1. The van der Waals surface area contributed by atoms with Gasteiger partial charge in [0, 0.05) is 25.4 Å². The zero-order valence-electron chi connectivity index (χ0n) is 13.6. The van der Waals surface area contributed by atoms with Crippen molar-refractivity contribution in [3.05, 3.63) is 23.9 Å². The van der Waals surface area contributed by atoms with Crippen molar-refractivity contribution < 1.29 is 4.74 Å². The van der Waals surface area contributed by atoms with Crippen LogP contribution in [-0.4, -0.2) is 30.6 Å². The van der Waals surface area contributed by atoms with Gasteiger partial charge in [-0.05, 0) is 37.8 Å². The van der Waals surface area contributed by atoms with Crippen LogP contribution in [0, 0.1) is 5.92 Å². The monoisotopic (exact) mass is 292 g/mol. The molecule has 0 spiro atoms. The molecule has 0 saturated heterocycles. The maximum Gasteiger partial charge on any atom is 0.213 e. The van der Waals surface area contributed by atoms with Gasteiger partial charge < -0.3 is 15.4 Å². The smallest absolute Gasteiger partial charge is 0.213 e. The number of pyridine rings is 1. The predicted molar refractivity (Wildman–Crippen MR) is 87.7 cm³/mol. The molecule has 1 heterocycles. The number of hydrogen-bond donors (Lipinski definition) is 2. The molecular formula is C16H28N4O. The van der Waals surface area contributed by atoms with Crippen LogP contribution >= 0.6 is 0 Å². The molecule has 0 aromatic carbocycles. The first-order chi connectivity index (χ1) is 10.2. The molecule has 0 radical (unpaired) electrons. The number of nitrogens with one attached hydrogen (secondary N) is 2. The molecule has 5 heteroatoms. The minimum atomic E-state index is 0.611. The largest absolute Gasteiger partial charge is 0.478 e. The normalized spacial score (nSPS) is 11.6. The summed E-state index contributed by atoms with van der Waals surface area (Å²) >= 11 is 0. The summed E-state index contributed by atoms with van der Waals surface area (Å²) in [5, 5.41) is 6.61. The number of aromatic nitrogens is 1. The summed E-state index contributed by atoms with van der Waals surface area (Å²) in [4.78, 5) is 8.75. The Balaban J connectivity index is 2.57. The molecule has 21 heavy (non-hydrogen) atoms. The van der Waals surface area contributed by atoms with Crippen LogP contribution < -0.4 is 15.4 Å². The summed E-state index contributed by atoms with van der Waals surface area (Å²) in [6.45, 7) is 11.5. The Morgan fingerprint density at radius 1 is 1.33 bits per heavy atom. The van der Waals surface area contributed by atoms with Crippen LogP contribution in [0.1, 0.15) is 39.7 Å². The highest BCUT2D eigenvalue weighted by atomic mass is 16.5. The van der Waals surface area contributed by atoms with Crippen molar-refractivity contribution >= 4 is 5.96 Å². The van der Waals surface area contributed by atoms with Gasteiger partial charge in [-0.2, -0.15) is 0 Å². The SMILES string of the molecule is CCNC(=NCc1ccnc(OCC)c1)NCCC(C)C. The number of nitrogens with zero attached hydrogens (tertiary/aromatic N) is 2. The van der Waals surface area contributed by atoms with Gasteiger partial charge in [-0.3, -0.25) is 0 Å². The van der Waals surface area contributed by atoms with E-state index in [1.165, 1.54) is 0 Å². The fourth-order valence-electron chi connectivity index (χ4n) is 1.77. The molecule has 0 aliphatic heterocycles. The lowest BCUT2D eigenvalue weighted by Gasteiger charge is -2.12. The van der Waals surface area contributed by atoms with E-state index < -0.39 is 0 Å². The van der Waals surface area contributed by atoms with Gasteiger partial charge >= 0.3 is 0 Å². The third-order valence-corrected chi connectivity index (χ3v) is 2.87. The molecular weight excluding hydrogens is 264 g/mol. The highest BCUT2D eigenvalue weighted by Crippen LogP contribution is 2.10. The van der Waals surface area contributed by atoms with E-state index in [1.54, 1.807) is 6.20 Å². The van der Waals surface area contributed by atoms with Crippen molar-refractivity contribution in [3.63, 3.8) is 0 Å². The van der Waals surface area contributed by atoms with Gasteiger partial charge in [0.15, 0.2) is 5.96 Å². The molecule has 0 fully saturated rings. The Hall–Kier alpha value is -1.78. The van der Waals surface area contributed by atoms with Crippen LogP contribution in [0.15, 0.2) is 23.3 Å². The second-order valence-electron chi connectivity index (χ2n) is 5.24. The van der Waals surface area contributed by atoms with Crippen molar-refractivity contribution in [2.75, 3.05) is 19.7 Å². The summed E-state index contributed by atoms with van der Waals surface area (Å²) in [5.74, 6) is 2.20. The number of hydrogen-bond acceptors (Lipinski definition) is 3. The quantitative estimate of drug-likeness (QED) is 0.571. The van der Waals surface area contributed by atoms with Gasteiger partial charge in [0.1, 0.15) is 0 Å². The maximum absolute atomic E-state index is 5.40. The minimum Gasteiger partial charge on any atom is -0.478 e. The lowest BCUT2D eigenvalue weighted by Crippen LogP contribution is -2.38. The van der Waals surface area contributed by atoms with E-state index >= 15 is 0 Å². The van der Waals surface area contributed by atoms with E-state index in [1.807, 2.05) is 19.1 Å². The summed E-state index contributed by atoms with van der Waals surface area (Å²) < 4.78 is 5.40. The van der Waals surface area contributed by atoms with Crippen LogP contribution in [-0.2, 0) is 6.54 Å². The third-order valence-electron chi connectivity index (χ3n) is 2.87. The molecule has 5 nitrogen and oxygen atoms in total. The fourth-order valence-corrected chi connectivity index (χ4v) is 1.77. The maximum atomic E-state index is 5.40. The van der Waals surface area contributed by atoms with E-state index in [-0.39, 0.29) is 0 Å². The highest BCUT2D eigenvalue weighted by molar-refractivity contribution is 5.79. The zero-order valence-corrected chi connectivity index (χ0v) is 13.6. The number of rotatable bonds is 8. The van der Waals surface area contributed by atoms with E-state index in [9.17, 15) is 0 Å². The van der Waals surface area contributed by atoms with E-state index in [2.05, 4.69) is 41.4 Å². The molecule has 1 aromatic rings. The average molecular weight is 292 g/mol. The van der Waals surface area contributed by atoms with E-state index in [0.29, 0.717) is 24.9 Å². The summed E-state index contributed by atoms with van der Waals surface area (Å²) in [6.07, 6.45) is 2.89. The van der Waals surface area contributed by atoms with Crippen LogP contribution in [0.25, 0.3) is 0 Å². The summed E-state index contributed by atoms with van der Waals surface area (Å²) in [6, 6.07) is 3.90. The predicted octanol–water partition coefficient (Wildman–Crippen LogP) is 2.58. The first kappa shape index (κ1) is 17.3. The number of ether oxygens (including phenoxy) is 1. The molecule has 0 aliphatic carbocycles. The Kier molecular flexibility index (Phi) is 8.24. The lowest BCUT2D eigenvalue weighted by atomic mass is 10.1. The first-order valence-electron chi connectivity index (χ1n) is 7.75. The average Bonchev–Trinajstić information content (AvgIpc) is 2.45. The van der Waals surface area contributed by atoms with Crippen LogP contribution in [0.5, 0.6) is 5.88 Å². The molecule has 1 rings (SSSR count). The van der Waals surface area contributed by atoms with Gasteiger partial charge in [0.2, 0.25) is 5.88 Å². The molecule has 2 N–H and O–H groups in total. The Morgan fingerprint density at radius 3 is 2.81 bits per heavy atom. The van der Waals surface area contributed by atoms with E-state index in [4.69, 9.17) is 4.74 Å². The van der Waals surface area contributed by atoms with Crippen LogP contribution in [0.3, 0.4) is 0 Å². The molecule has 0 aliphatic rings. The second-order valence-corrected chi connectivity index (χ2v) is 5.24. The lowest BCUT2D eigenvalue weighted by molar-refractivity contribution is 0.326. The van der Waals surface area contributed by atoms with Gasteiger partial charge in [0.05, 0.1) is 13.2 Å². The van der Waals surface area contributed by atoms with Gasteiger partial charge in [-0.1, -0.05) is 13.8 Å². The molecule has 0 saturated carbocycles. The third kappa shape index (κ3) is 7.54. The van der Waals surface area contributed by atoms with Crippen LogP contribution in [0.2, 0.25) is 0 Å². The zero-order chi connectivity index (χ0) is 15.5. The van der Waals surface area contributed by atoms with Crippen molar-refractivity contribution in [1.29, 1.82) is 0 Å². The van der Waals surface area contributed by atoms with Gasteiger partial charge in [-0.15, -0.1) is 0 Å². The molecule has 0 bridgehead atoms. The standard InChI is InChI=1S/C16H28N4O/c1-5-17-16(19-9-7-13(3)4)20-12-14-8-10-18-15(11-14)21-6-2/h8,10-11,13H,5-7,9,12H2,1-4H3,(H2,17,19,20). The molecule has 118 valence electrons. The van der Waals surface area contributed by atoms with E-state index in [0.717, 1.165) is 31.0 Å². The number of guanidine groups is 1. The topological polar surface area (TPSA) is 58.5 Å². The summed E-state index contributed by atoms with van der Waals surface area (Å²) in [7, 11) is 0. The van der Waals surface area contributed by atoms with Crippen LogP contribution in [0.4, 0.5) is 0 Å².